The zero-order valence-electron chi connectivity index (χ0n) is 8.67. The van der Waals surface area contributed by atoms with E-state index >= 15 is 0 Å². The first-order chi connectivity index (χ1) is 7.77. The van der Waals surface area contributed by atoms with Gasteiger partial charge in [0.15, 0.2) is 0 Å². The maximum Gasteiger partial charge on any atom is 0.330 e. The van der Waals surface area contributed by atoms with Crippen molar-refractivity contribution in [3.8, 4) is 5.88 Å². The van der Waals surface area contributed by atoms with Crippen molar-refractivity contribution in [3.63, 3.8) is 0 Å². The van der Waals surface area contributed by atoms with Gasteiger partial charge in [0.1, 0.15) is 6.10 Å². The summed E-state index contributed by atoms with van der Waals surface area (Å²) in [6, 6.07) is 2.90. The van der Waals surface area contributed by atoms with E-state index in [9.17, 15) is 10.1 Å². The van der Waals surface area contributed by atoms with Crippen LogP contribution in [0.1, 0.15) is 12.8 Å². The van der Waals surface area contributed by atoms with Crippen molar-refractivity contribution in [2.45, 2.75) is 18.9 Å². The predicted octanol–water partition coefficient (Wildman–Crippen LogP) is 1.55. The summed E-state index contributed by atoms with van der Waals surface area (Å²) in [6.45, 7) is 1.19. The van der Waals surface area contributed by atoms with Gasteiger partial charge in [0.05, 0.1) is 11.5 Å². The van der Waals surface area contributed by atoms with E-state index in [2.05, 4.69) is 4.98 Å². The summed E-state index contributed by atoms with van der Waals surface area (Å²) in [5.41, 5.74) is -0.104. The molecule has 1 aliphatic rings. The molecule has 1 saturated heterocycles. The third-order valence-electron chi connectivity index (χ3n) is 2.34. The molecule has 0 aromatic carbocycles. The molecule has 6 nitrogen and oxygen atoms in total. The Morgan fingerprint density at radius 3 is 3.19 bits per heavy atom. The van der Waals surface area contributed by atoms with Crippen molar-refractivity contribution in [2.75, 3.05) is 13.2 Å². The molecule has 6 heteroatoms. The van der Waals surface area contributed by atoms with Crippen LogP contribution in [-0.4, -0.2) is 29.2 Å². The van der Waals surface area contributed by atoms with E-state index in [1.807, 2.05) is 0 Å². The van der Waals surface area contributed by atoms with Gasteiger partial charge in [-0.2, -0.15) is 0 Å². The molecule has 86 valence electrons. The molecule has 0 aliphatic carbocycles. The number of pyridine rings is 1. The van der Waals surface area contributed by atoms with Crippen LogP contribution >= 0.6 is 0 Å². The summed E-state index contributed by atoms with van der Waals surface area (Å²) < 4.78 is 10.7. The molecule has 1 aliphatic heterocycles. The van der Waals surface area contributed by atoms with Gasteiger partial charge >= 0.3 is 5.69 Å². The first-order valence-corrected chi connectivity index (χ1v) is 5.11. The van der Waals surface area contributed by atoms with Gasteiger partial charge in [-0.25, -0.2) is 4.98 Å². The third kappa shape index (κ3) is 2.46. The van der Waals surface area contributed by atoms with Gasteiger partial charge < -0.3 is 9.47 Å². The largest absolute Gasteiger partial charge is 0.467 e. The number of nitro groups is 1. The number of aromatic nitrogens is 1. The average Bonchev–Trinajstić information content (AvgIpc) is 2.31. The van der Waals surface area contributed by atoms with Crippen LogP contribution in [0.5, 0.6) is 5.88 Å². The van der Waals surface area contributed by atoms with E-state index in [0.29, 0.717) is 6.61 Å². The van der Waals surface area contributed by atoms with Crippen molar-refractivity contribution in [1.29, 1.82) is 0 Å². The number of nitrogens with zero attached hydrogens (tertiary/aromatic N) is 2. The van der Waals surface area contributed by atoms with E-state index < -0.39 is 4.92 Å². The zero-order chi connectivity index (χ0) is 11.4. The minimum atomic E-state index is -0.494. The van der Waals surface area contributed by atoms with Crippen LogP contribution in [0.3, 0.4) is 0 Å². The van der Waals surface area contributed by atoms with Crippen molar-refractivity contribution < 1.29 is 14.4 Å². The third-order valence-corrected chi connectivity index (χ3v) is 2.34. The highest BCUT2D eigenvalue weighted by atomic mass is 16.6. The number of hydrogen-bond acceptors (Lipinski definition) is 5. The van der Waals surface area contributed by atoms with E-state index in [1.54, 1.807) is 0 Å². The van der Waals surface area contributed by atoms with Crippen LogP contribution in [0.2, 0.25) is 0 Å². The molecule has 0 bridgehead atoms. The van der Waals surface area contributed by atoms with Crippen LogP contribution in [-0.2, 0) is 4.74 Å². The van der Waals surface area contributed by atoms with Gasteiger partial charge in [0.2, 0.25) is 0 Å². The lowest BCUT2D eigenvalue weighted by molar-refractivity contribution is -0.386. The summed E-state index contributed by atoms with van der Waals surface area (Å²) in [6.07, 6.45) is 3.09. The van der Waals surface area contributed by atoms with Crippen molar-refractivity contribution in [1.82, 2.24) is 4.98 Å². The van der Waals surface area contributed by atoms with Crippen LogP contribution in [0.4, 0.5) is 5.69 Å². The summed E-state index contributed by atoms with van der Waals surface area (Å²) >= 11 is 0. The van der Waals surface area contributed by atoms with E-state index in [-0.39, 0.29) is 17.7 Å². The molecular weight excluding hydrogens is 212 g/mol. The SMILES string of the molecule is O=[N+]([O-])c1cccnc1O[C@H]1CCCOC1. The fourth-order valence-electron chi connectivity index (χ4n) is 1.57. The predicted molar refractivity (Wildman–Crippen MR) is 55.4 cm³/mol. The maximum atomic E-state index is 10.7. The highest BCUT2D eigenvalue weighted by Crippen LogP contribution is 2.25. The Labute approximate surface area is 92.3 Å². The van der Waals surface area contributed by atoms with E-state index in [0.717, 1.165) is 19.4 Å². The Balaban J connectivity index is 2.10. The molecule has 0 saturated carbocycles. The highest BCUT2D eigenvalue weighted by molar-refractivity contribution is 5.39. The Morgan fingerprint density at radius 2 is 2.50 bits per heavy atom. The molecule has 1 aromatic heterocycles. The molecule has 2 heterocycles. The topological polar surface area (TPSA) is 74.5 Å². The fourth-order valence-corrected chi connectivity index (χ4v) is 1.57. The Hall–Kier alpha value is -1.69. The first-order valence-electron chi connectivity index (χ1n) is 5.11. The van der Waals surface area contributed by atoms with Gasteiger partial charge in [-0.15, -0.1) is 0 Å². The van der Waals surface area contributed by atoms with Gasteiger partial charge in [-0.05, 0) is 18.9 Å². The normalized spacial score (nSPS) is 20.4. The van der Waals surface area contributed by atoms with Gasteiger partial charge in [-0.1, -0.05) is 0 Å². The number of hydrogen-bond donors (Lipinski definition) is 0. The smallest absolute Gasteiger partial charge is 0.330 e. The quantitative estimate of drug-likeness (QED) is 0.575. The Morgan fingerprint density at radius 1 is 1.62 bits per heavy atom. The summed E-state index contributed by atoms with van der Waals surface area (Å²) in [5.74, 6) is 0.0722. The summed E-state index contributed by atoms with van der Waals surface area (Å²) in [5, 5.41) is 10.7. The van der Waals surface area contributed by atoms with Crippen LogP contribution < -0.4 is 4.74 Å². The van der Waals surface area contributed by atoms with E-state index in [1.165, 1.54) is 18.3 Å². The molecule has 1 atom stereocenters. The fraction of sp³-hybridized carbons (Fsp3) is 0.500. The molecule has 0 spiro atoms. The van der Waals surface area contributed by atoms with Crippen LogP contribution in [0, 0.1) is 10.1 Å². The second kappa shape index (κ2) is 4.89. The molecular formula is C10H12N2O4. The van der Waals surface area contributed by atoms with Crippen molar-refractivity contribution in [3.05, 3.63) is 28.4 Å². The first kappa shape index (κ1) is 10.8. The zero-order valence-corrected chi connectivity index (χ0v) is 8.67. The molecule has 0 N–H and O–H groups in total. The van der Waals surface area contributed by atoms with Gasteiger partial charge in [0, 0.05) is 18.9 Å². The van der Waals surface area contributed by atoms with Crippen molar-refractivity contribution in [2.24, 2.45) is 0 Å². The lowest BCUT2D eigenvalue weighted by Gasteiger charge is -2.22. The lowest BCUT2D eigenvalue weighted by atomic mass is 10.2. The molecule has 0 unspecified atom stereocenters. The van der Waals surface area contributed by atoms with Crippen molar-refractivity contribution >= 4 is 5.69 Å². The summed E-state index contributed by atoms with van der Waals surface area (Å²) in [4.78, 5) is 14.1. The molecule has 1 aromatic rings. The molecule has 16 heavy (non-hydrogen) atoms. The van der Waals surface area contributed by atoms with Crippen LogP contribution in [0.15, 0.2) is 18.3 Å². The minimum absolute atomic E-state index is 0.0722. The molecule has 1 fully saturated rings. The highest BCUT2D eigenvalue weighted by Gasteiger charge is 2.21. The molecule has 0 amide bonds. The maximum absolute atomic E-state index is 10.7. The standard InChI is InChI=1S/C10H12N2O4/c13-12(14)9-4-1-5-11-10(9)16-8-3-2-6-15-7-8/h1,4-5,8H,2-3,6-7H2/t8-/m0/s1. The van der Waals surface area contributed by atoms with E-state index in [4.69, 9.17) is 9.47 Å². The Kier molecular flexibility index (Phi) is 3.31. The summed E-state index contributed by atoms with van der Waals surface area (Å²) in [7, 11) is 0. The van der Waals surface area contributed by atoms with Gasteiger partial charge in [0.25, 0.3) is 5.88 Å². The Bertz CT molecular complexity index is 377. The van der Waals surface area contributed by atoms with Crippen LogP contribution in [0.25, 0.3) is 0 Å². The monoisotopic (exact) mass is 224 g/mol. The average molecular weight is 224 g/mol. The minimum Gasteiger partial charge on any atom is -0.467 e. The number of rotatable bonds is 3. The molecule has 2 rings (SSSR count). The second-order valence-corrected chi connectivity index (χ2v) is 3.54. The molecule has 0 radical (unpaired) electrons. The lowest BCUT2D eigenvalue weighted by Crippen LogP contribution is -2.28. The second-order valence-electron chi connectivity index (χ2n) is 3.54. The number of ether oxygens (including phenoxy) is 2. The van der Waals surface area contributed by atoms with Gasteiger partial charge in [-0.3, -0.25) is 10.1 Å².